The van der Waals surface area contributed by atoms with Crippen molar-refractivity contribution in [2.24, 2.45) is 5.73 Å². The van der Waals surface area contributed by atoms with Gasteiger partial charge in [-0.25, -0.2) is 4.98 Å². The number of aromatic nitrogens is 2. The first-order valence-electron chi connectivity index (χ1n) is 10.8. The Morgan fingerprint density at radius 1 is 1.12 bits per heavy atom. The Labute approximate surface area is 194 Å². The predicted octanol–water partition coefficient (Wildman–Crippen LogP) is 0.408. The molecular formula is C23H29BN6O3. The molecule has 33 heavy (non-hydrogen) atoms. The first-order chi connectivity index (χ1) is 16.0. The number of aliphatic hydroxyl groups is 1. The van der Waals surface area contributed by atoms with E-state index < -0.39 is 6.04 Å². The maximum atomic E-state index is 12.5. The maximum Gasteiger partial charge on any atom is 0.241 e. The lowest BCUT2D eigenvalue weighted by atomic mass is 9.99. The molecule has 0 saturated heterocycles. The summed E-state index contributed by atoms with van der Waals surface area (Å²) < 4.78 is 5.25. The van der Waals surface area contributed by atoms with Crippen LogP contribution in [0.3, 0.4) is 0 Å². The molecule has 0 saturated carbocycles. The van der Waals surface area contributed by atoms with Crippen LogP contribution in [-0.4, -0.2) is 61.2 Å². The van der Waals surface area contributed by atoms with Crippen molar-refractivity contribution in [1.29, 1.82) is 0 Å². The lowest BCUT2D eigenvalue weighted by Gasteiger charge is -2.14. The van der Waals surface area contributed by atoms with E-state index in [4.69, 9.17) is 15.6 Å². The van der Waals surface area contributed by atoms with Crippen molar-refractivity contribution in [3.8, 4) is 0 Å². The van der Waals surface area contributed by atoms with E-state index in [1.807, 2.05) is 50.3 Å². The van der Waals surface area contributed by atoms with Crippen molar-refractivity contribution in [1.82, 2.24) is 9.97 Å². The molecule has 0 radical (unpaired) electrons. The van der Waals surface area contributed by atoms with Crippen LogP contribution in [0.5, 0.6) is 0 Å². The third-order valence-electron chi connectivity index (χ3n) is 4.77. The molecule has 3 aromatic rings. The zero-order chi connectivity index (χ0) is 23.5. The Kier molecular flexibility index (Phi) is 9.19. The molecular weight excluding hydrogens is 419 g/mol. The number of nitrogens with one attached hydrogen (secondary N) is 3. The monoisotopic (exact) mass is 448 g/mol. The second kappa shape index (κ2) is 12.5. The van der Waals surface area contributed by atoms with Gasteiger partial charge in [-0.3, -0.25) is 4.79 Å². The van der Waals surface area contributed by atoms with Crippen LogP contribution in [0.2, 0.25) is 0 Å². The average molecular weight is 448 g/mol. The summed E-state index contributed by atoms with van der Waals surface area (Å²) in [7, 11) is 1.91. The molecule has 1 atom stereocenters. The fourth-order valence-corrected chi connectivity index (χ4v) is 3.09. The zero-order valence-corrected chi connectivity index (χ0v) is 18.6. The summed E-state index contributed by atoms with van der Waals surface area (Å²) in [5, 5.41) is 18.0. The fourth-order valence-electron chi connectivity index (χ4n) is 3.09. The molecule has 0 spiro atoms. The molecule has 1 unspecified atom stereocenters. The smallest absolute Gasteiger partial charge is 0.241 e. The lowest BCUT2D eigenvalue weighted by molar-refractivity contribution is -0.117. The number of ether oxygens (including phenoxy) is 1. The molecule has 1 heterocycles. The van der Waals surface area contributed by atoms with E-state index in [-0.39, 0.29) is 12.5 Å². The number of benzene rings is 2. The highest BCUT2D eigenvalue weighted by molar-refractivity contribution is 6.35. The number of hydrogen-bond acceptors (Lipinski definition) is 8. The van der Waals surface area contributed by atoms with Crippen LogP contribution >= 0.6 is 0 Å². The Morgan fingerprint density at radius 2 is 1.91 bits per heavy atom. The van der Waals surface area contributed by atoms with Crippen LogP contribution in [0.15, 0.2) is 60.8 Å². The second-order valence-electron chi connectivity index (χ2n) is 7.48. The van der Waals surface area contributed by atoms with Crippen molar-refractivity contribution in [2.45, 2.75) is 12.5 Å². The van der Waals surface area contributed by atoms with Gasteiger partial charge in [0, 0.05) is 24.1 Å². The number of amides is 1. The number of anilines is 4. The molecule has 10 heteroatoms. The molecule has 0 aliphatic heterocycles. The van der Waals surface area contributed by atoms with E-state index in [1.165, 1.54) is 0 Å². The van der Waals surface area contributed by atoms with E-state index in [9.17, 15) is 4.79 Å². The summed E-state index contributed by atoms with van der Waals surface area (Å²) in [6, 6.07) is 16.3. The van der Waals surface area contributed by atoms with Crippen LogP contribution in [0, 0.1) is 0 Å². The number of carbonyl (C=O) groups is 1. The minimum Gasteiger partial charge on any atom is -0.394 e. The highest BCUT2D eigenvalue weighted by Gasteiger charge is 2.14. The van der Waals surface area contributed by atoms with Gasteiger partial charge in [0.25, 0.3) is 0 Å². The largest absolute Gasteiger partial charge is 0.394 e. The quantitative estimate of drug-likeness (QED) is 0.199. The van der Waals surface area contributed by atoms with E-state index >= 15 is 0 Å². The van der Waals surface area contributed by atoms with Crippen molar-refractivity contribution in [2.75, 3.05) is 42.3 Å². The molecule has 6 N–H and O–H groups in total. The first kappa shape index (κ1) is 24.2. The van der Waals surface area contributed by atoms with Crippen molar-refractivity contribution in [3.05, 3.63) is 66.4 Å². The number of nitrogens with zero attached hydrogens (tertiary/aromatic N) is 2. The van der Waals surface area contributed by atoms with Crippen molar-refractivity contribution < 1.29 is 14.6 Å². The Bertz CT molecular complexity index is 1040. The highest BCUT2D eigenvalue weighted by atomic mass is 16.5. The van der Waals surface area contributed by atoms with Gasteiger partial charge in [0.05, 0.1) is 25.9 Å². The third-order valence-corrected chi connectivity index (χ3v) is 4.77. The van der Waals surface area contributed by atoms with Gasteiger partial charge in [0.2, 0.25) is 11.9 Å². The average Bonchev–Trinajstić information content (AvgIpc) is 2.81. The fraction of sp³-hybridized carbons (Fsp3) is 0.261. The van der Waals surface area contributed by atoms with Gasteiger partial charge < -0.3 is 31.5 Å². The highest BCUT2D eigenvalue weighted by Crippen LogP contribution is 2.19. The molecule has 0 bridgehead atoms. The SMILES string of the molecule is Bc1cnc(Nc2cccc(NC(=O)C(N)Cc3ccccc3)c2)nc1NCCOCCO. The zero-order valence-electron chi connectivity index (χ0n) is 18.6. The molecule has 0 aliphatic rings. The number of hydrogen-bond donors (Lipinski definition) is 5. The Hall–Kier alpha value is -3.47. The minimum atomic E-state index is -0.653. The van der Waals surface area contributed by atoms with Crippen LogP contribution in [0.4, 0.5) is 23.1 Å². The molecule has 172 valence electrons. The molecule has 1 amide bonds. The number of aliphatic hydroxyl groups excluding tert-OH is 1. The topological polar surface area (TPSA) is 134 Å². The summed E-state index contributed by atoms with van der Waals surface area (Å²) in [4.78, 5) is 21.4. The molecule has 0 fully saturated rings. The van der Waals surface area contributed by atoms with Gasteiger partial charge >= 0.3 is 0 Å². The van der Waals surface area contributed by atoms with Crippen LogP contribution in [0.25, 0.3) is 0 Å². The predicted molar refractivity (Wildman–Crippen MR) is 133 cm³/mol. The van der Waals surface area contributed by atoms with E-state index in [0.717, 1.165) is 16.7 Å². The summed E-state index contributed by atoms with van der Waals surface area (Å²) in [5.74, 6) is 0.859. The number of nitrogens with two attached hydrogens (primary N) is 1. The van der Waals surface area contributed by atoms with Gasteiger partial charge in [-0.2, -0.15) is 4.98 Å². The number of carbonyl (C=O) groups excluding carboxylic acids is 1. The standard InChI is InChI=1S/C23H29BN6O3/c24-19-15-27-23(30-21(19)26-9-11-33-12-10-31)29-18-8-4-7-17(14-18)28-22(32)20(25)13-16-5-2-1-3-6-16/h1-8,14-15,20,31H,9-13,24-25H2,(H,28,32)(H2,26,27,29,30). The maximum absolute atomic E-state index is 12.5. The second-order valence-corrected chi connectivity index (χ2v) is 7.48. The first-order valence-corrected chi connectivity index (χ1v) is 10.8. The van der Waals surface area contributed by atoms with Crippen molar-refractivity contribution in [3.63, 3.8) is 0 Å². The van der Waals surface area contributed by atoms with Crippen molar-refractivity contribution >= 4 is 42.4 Å². The van der Waals surface area contributed by atoms with Gasteiger partial charge in [-0.1, -0.05) is 36.4 Å². The molecule has 1 aromatic heterocycles. The van der Waals surface area contributed by atoms with Gasteiger partial charge in [-0.15, -0.1) is 0 Å². The molecule has 9 nitrogen and oxygen atoms in total. The van der Waals surface area contributed by atoms with Gasteiger partial charge in [0.1, 0.15) is 13.7 Å². The Morgan fingerprint density at radius 3 is 2.70 bits per heavy atom. The minimum absolute atomic E-state index is 0.000909. The van der Waals surface area contributed by atoms with E-state index in [0.29, 0.717) is 43.6 Å². The third kappa shape index (κ3) is 7.87. The van der Waals surface area contributed by atoms with Crippen LogP contribution < -0.4 is 27.1 Å². The van der Waals surface area contributed by atoms with Gasteiger partial charge in [-0.05, 0) is 35.6 Å². The molecule has 0 aliphatic carbocycles. The van der Waals surface area contributed by atoms with Crippen LogP contribution in [-0.2, 0) is 16.0 Å². The summed E-state index contributed by atoms with van der Waals surface area (Å²) in [6.07, 6.45) is 2.18. The summed E-state index contributed by atoms with van der Waals surface area (Å²) in [5.41, 5.74) is 9.34. The normalized spacial score (nSPS) is 11.6. The Balaban J connectivity index is 1.58. The van der Waals surface area contributed by atoms with Crippen LogP contribution in [0.1, 0.15) is 5.56 Å². The molecule has 3 rings (SSSR count). The summed E-state index contributed by atoms with van der Waals surface area (Å²) >= 11 is 0. The van der Waals surface area contributed by atoms with E-state index in [2.05, 4.69) is 25.9 Å². The van der Waals surface area contributed by atoms with Gasteiger partial charge in [0.15, 0.2) is 0 Å². The summed E-state index contributed by atoms with van der Waals surface area (Å²) in [6.45, 7) is 1.32. The van der Waals surface area contributed by atoms with E-state index in [1.54, 1.807) is 18.3 Å². The number of rotatable bonds is 12. The molecule has 2 aromatic carbocycles. The lowest BCUT2D eigenvalue weighted by Crippen LogP contribution is -2.37.